The fraction of sp³-hybridized carbons (Fsp3) is 0.200. The molecule has 1 aromatic heterocycles. The van der Waals surface area contributed by atoms with Gasteiger partial charge in [-0.3, -0.25) is 9.36 Å². The number of aliphatic imine (C=N–C) groups is 1. The quantitative estimate of drug-likeness (QED) is 0.796. The number of pyridine rings is 1. The third-order valence-electron chi connectivity index (χ3n) is 3.02. The van der Waals surface area contributed by atoms with Crippen molar-refractivity contribution in [3.8, 4) is 11.5 Å². The van der Waals surface area contributed by atoms with E-state index >= 15 is 0 Å². The molecule has 1 aliphatic heterocycles. The number of ether oxygens (including phenoxy) is 1. The lowest BCUT2D eigenvalue weighted by Crippen LogP contribution is -2.37. The van der Waals surface area contributed by atoms with Gasteiger partial charge in [0.1, 0.15) is 11.6 Å². The first-order valence-corrected chi connectivity index (χ1v) is 6.27. The lowest BCUT2D eigenvalue weighted by molar-refractivity contribution is 0.114. The van der Waals surface area contributed by atoms with Gasteiger partial charge in [-0.1, -0.05) is 12.1 Å². The number of hydrogen-bond acceptors (Lipinski definition) is 4. The van der Waals surface area contributed by atoms with E-state index in [2.05, 4.69) is 4.99 Å². The molecular weight excluding hydrogens is 256 g/mol. The van der Waals surface area contributed by atoms with Crippen LogP contribution in [0.15, 0.2) is 52.4 Å². The van der Waals surface area contributed by atoms with Gasteiger partial charge in [0.05, 0.1) is 5.56 Å². The maximum atomic E-state index is 12.1. The zero-order valence-electron chi connectivity index (χ0n) is 11.2. The van der Waals surface area contributed by atoms with Crippen molar-refractivity contribution in [3.05, 3.63) is 58.5 Å². The summed E-state index contributed by atoms with van der Waals surface area (Å²) < 4.78 is 7.11. The summed E-state index contributed by atoms with van der Waals surface area (Å²) in [6, 6.07) is 10.3. The predicted octanol–water partition coefficient (Wildman–Crippen LogP) is 1.98. The molecule has 5 heteroatoms. The average Bonchev–Trinajstić information content (AvgIpc) is 2.40. The Morgan fingerprint density at radius 1 is 1.20 bits per heavy atom. The summed E-state index contributed by atoms with van der Waals surface area (Å²) >= 11 is 0. The maximum Gasteiger partial charge on any atom is 0.298 e. The standard InChI is InChI=1S/C15H14N2O3/c1-15(2)16-13(10-6-3-4-8-12(10)20-15)17-9-5-7-11(18)14(17)19/h3-9,18H,1-2H3. The van der Waals surface area contributed by atoms with Gasteiger partial charge in [-0.05, 0) is 38.1 Å². The van der Waals surface area contributed by atoms with Crippen LogP contribution in [0.2, 0.25) is 0 Å². The molecule has 1 N–H and O–H groups in total. The van der Waals surface area contributed by atoms with E-state index in [1.54, 1.807) is 12.3 Å². The molecule has 0 unspecified atom stereocenters. The van der Waals surface area contributed by atoms with Crippen molar-refractivity contribution in [1.29, 1.82) is 0 Å². The molecule has 0 amide bonds. The van der Waals surface area contributed by atoms with E-state index in [1.807, 2.05) is 38.1 Å². The SMILES string of the molecule is CC1(C)N=C(n2cccc(O)c2=O)c2ccccc2O1. The van der Waals surface area contributed by atoms with Crippen LogP contribution in [-0.2, 0) is 0 Å². The van der Waals surface area contributed by atoms with Gasteiger partial charge in [0, 0.05) is 6.20 Å². The van der Waals surface area contributed by atoms with Gasteiger partial charge in [0.15, 0.2) is 11.5 Å². The largest absolute Gasteiger partial charge is 0.503 e. The van der Waals surface area contributed by atoms with Crippen LogP contribution in [0.25, 0.3) is 0 Å². The van der Waals surface area contributed by atoms with Crippen molar-refractivity contribution < 1.29 is 9.84 Å². The number of benzene rings is 1. The number of hydrogen-bond donors (Lipinski definition) is 1. The van der Waals surface area contributed by atoms with E-state index in [4.69, 9.17) is 4.74 Å². The third kappa shape index (κ3) is 1.97. The number of aromatic hydroxyl groups is 1. The predicted molar refractivity (Wildman–Crippen MR) is 75.5 cm³/mol. The van der Waals surface area contributed by atoms with Crippen molar-refractivity contribution in [1.82, 2.24) is 4.57 Å². The first-order valence-electron chi connectivity index (χ1n) is 6.27. The molecule has 20 heavy (non-hydrogen) atoms. The zero-order chi connectivity index (χ0) is 14.3. The van der Waals surface area contributed by atoms with Crippen LogP contribution in [0.1, 0.15) is 19.4 Å². The van der Waals surface area contributed by atoms with Crippen LogP contribution in [0.3, 0.4) is 0 Å². The molecule has 0 aliphatic carbocycles. The van der Waals surface area contributed by atoms with Crippen LogP contribution in [0.5, 0.6) is 11.5 Å². The molecule has 3 rings (SSSR count). The Kier molecular flexibility index (Phi) is 2.64. The van der Waals surface area contributed by atoms with Crippen molar-refractivity contribution in [3.63, 3.8) is 0 Å². The molecule has 1 aliphatic rings. The van der Waals surface area contributed by atoms with Gasteiger partial charge in [0.25, 0.3) is 5.56 Å². The first kappa shape index (κ1) is 12.5. The lowest BCUT2D eigenvalue weighted by atomic mass is 10.1. The Morgan fingerprint density at radius 2 is 1.95 bits per heavy atom. The van der Waals surface area contributed by atoms with Crippen LogP contribution in [0, 0.1) is 0 Å². The zero-order valence-corrected chi connectivity index (χ0v) is 11.2. The van der Waals surface area contributed by atoms with Crippen molar-refractivity contribution in [2.45, 2.75) is 19.6 Å². The summed E-state index contributed by atoms with van der Waals surface area (Å²) in [4.78, 5) is 16.6. The minimum atomic E-state index is -0.769. The summed E-state index contributed by atoms with van der Waals surface area (Å²) in [5, 5.41) is 9.59. The number of nitrogens with zero attached hydrogens (tertiary/aromatic N) is 2. The summed E-state index contributed by atoms with van der Waals surface area (Å²) in [7, 11) is 0. The van der Waals surface area contributed by atoms with Gasteiger partial charge < -0.3 is 9.84 Å². The molecule has 0 saturated heterocycles. The molecule has 0 spiro atoms. The maximum absolute atomic E-state index is 12.1. The van der Waals surface area contributed by atoms with Crippen molar-refractivity contribution >= 4 is 5.84 Å². The average molecular weight is 270 g/mol. The molecule has 0 atom stereocenters. The molecule has 1 aromatic carbocycles. The molecule has 0 radical (unpaired) electrons. The normalized spacial score (nSPS) is 16.0. The summed E-state index contributed by atoms with van der Waals surface area (Å²) in [5.41, 5.74) is -0.549. The lowest BCUT2D eigenvalue weighted by Gasteiger charge is -2.30. The Hall–Kier alpha value is -2.56. The molecule has 0 bridgehead atoms. The Morgan fingerprint density at radius 3 is 2.75 bits per heavy atom. The Balaban J connectivity index is 2.28. The fourth-order valence-corrected chi connectivity index (χ4v) is 2.18. The van der Waals surface area contributed by atoms with E-state index in [0.717, 1.165) is 5.56 Å². The first-order chi connectivity index (χ1) is 9.48. The molecule has 2 aromatic rings. The highest BCUT2D eigenvalue weighted by atomic mass is 16.5. The number of aromatic nitrogens is 1. The van der Waals surface area contributed by atoms with E-state index in [9.17, 15) is 9.90 Å². The van der Waals surface area contributed by atoms with E-state index in [1.165, 1.54) is 10.6 Å². The second-order valence-electron chi connectivity index (χ2n) is 5.05. The van der Waals surface area contributed by atoms with Crippen LogP contribution < -0.4 is 10.3 Å². The fourth-order valence-electron chi connectivity index (χ4n) is 2.18. The summed E-state index contributed by atoms with van der Waals surface area (Å²) in [6.45, 7) is 3.63. The second-order valence-corrected chi connectivity index (χ2v) is 5.05. The monoisotopic (exact) mass is 270 g/mol. The van der Waals surface area contributed by atoms with Gasteiger partial charge in [-0.25, -0.2) is 4.99 Å². The van der Waals surface area contributed by atoms with Crippen molar-refractivity contribution in [2.24, 2.45) is 4.99 Å². The highest BCUT2D eigenvalue weighted by Gasteiger charge is 2.29. The van der Waals surface area contributed by atoms with Gasteiger partial charge in [-0.2, -0.15) is 0 Å². The van der Waals surface area contributed by atoms with Crippen LogP contribution >= 0.6 is 0 Å². The third-order valence-corrected chi connectivity index (χ3v) is 3.02. The number of rotatable bonds is 0. The summed E-state index contributed by atoms with van der Waals surface area (Å²) in [6.07, 6.45) is 1.58. The van der Waals surface area contributed by atoms with E-state index in [-0.39, 0.29) is 5.75 Å². The highest BCUT2D eigenvalue weighted by Crippen LogP contribution is 2.30. The van der Waals surface area contributed by atoms with E-state index < -0.39 is 11.3 Å². The highest BCUT2D eigenvalue weighted by molar-refractivity contribution is 6.03. The second kappa shape index (κ2) is 4.23. The minimum Gasteiger partial charge on any atom is -0.503 e. The van der Waals surface area contributed by atoms with Crippen molar-refractivity contribution in [2.75, 3.05) is 0 Å². The molecular formula is C15H14N2O3. The number of fused-ring (bicyclic) bond motifs is 1. The molecule has 5 nitrogen and oxygen atoms in total. The van der Waals surface area contributed by atoms with Crippen LogP contribution in [-0.4, -0.2) is 21.2 Å². The molecule has 0 fully saturated rings. The van der Waals surface area contributed by atoms with Gasteiger partial charge >= 0.3 is 0 Å². The topological polar surface area (TPSA) is 63.8 Å². The molecule has 2 heterocycles. The Bertz CT molecular complexity index is 760. The van der Waals surface area contributed by atoms with Crippen LogP contribution in [0.4, 0.5) is 0 Å². The van der Waals surface area contributed by atoms with E-state index in [0.29, 0.717) is 11.6 Å². The number of para-hydroxylation sites is 1. The Labute approximate surface area is 115 Å². The summed E-state index contributed by atoms with van der Waals surface area (Å²) in [5.74, 6) is 0.826. The molecule has 0 saturated carbocycles. The molecule has 102 valence electrons. The smallest absolute Gasteiger partial charge is 0.298 e. The van der Waals surface area contributed by atoms with Gasteiger partial charge in [-0.15, -0.1) is 0 Å². The minimum absolute atomic E-state index is 0.308. The van der Waals surface area contributed by atoms with Gasteiger partial charge in [0.2, 0.25) is 0 Å².